The number of hydrogen-bond acceptors (Lipinski definition) is 4. The Kier molecular flexibility index (Phi) is 7.10. The van der Waals surface area contributed by atoms with Gasteiger partial charge >= 0.3 is 12.1 Å². The molecule has 156 valence electrons. The molecule has 2 aromatic rings. The van der Waals surface area contributed by atoms with Gasteiger partial charge in [-0.25, -0.2) is 4.79 Å². The first-order chi connectivity index (χ1) is 13.5. The highest BCUT2D eigenvalue weighted by Gasteiger charge is 2.31. The number of rotatable bonds is 7. The van der Waals surface area contributed by atoms with Crippen LogP contribution in [0.15, 0.2) is 42.5 Å². The molecule has 2 rings (SSSR count). The van der Waals surface area contributed by atoms with Crippen LogP contribution in [0.2, 0.25) is 5.02 Å². The lowest BCUT2D eigenvalue weighted by Gasteiger charge is -2.18. The molecule has 6 nitrogen and oxygen atoms in total. The smallest absolute Gasteiger partial charge is 0.416 e. The number of benzene rings is 2. The van der Waals surface area contributed by atoms with E-state index < -0.39 is 35.8 Å². The summed E-state index contributed by atoms with van der Waals surface area (Å²) in [6.45, 7) is 0. The van der Waals surface area contributed by atoms with Gasteiger partial charge in [-0.3, -0.25) is 4.79 Å². The molecule has 0 saturated heterocycles. The molecule has 1 amide bonds. The van der Waals surface area contributed by atoms with Crippen LogP contribution < -0.4 is 10.1 Å². The number of carboxylic acids is 1. The van der Waals surface area contributed by atoms with Gasteiger partial charge in [0.1, 0.15) is 11.8 Å². The fraction of sp³-hybridized carbons (Fsp3) is 0.263. The first kappa shape index (κ1) is 22.5. The van der Waals surface area contributed by atoms with E-state index in [-0.39, 0.29) is 17.0 Å². The molecule has 0 radical (unpaired) electrons. The van der Waals surface area contributed by atoms with Crippen LogP contribution >= 0.6 is 11.6 Å². The number of carbonyl (C=O) groups is 2. The minimum Gasteiger partial charge on any atom is -0.495 e. The van der Waals surface area contributed by atoms with Gasteiger partial charge in [-0.15, -0.1) is 0 Å². The van der Waals surface area contributed by atoms with Crippen LogP contribution in [0.5, 0.6) is 5.75 Å². The second-order valence-electron chi connectivity index (χ2n) is 6.09. The maximum absolute atomic E-state index is 12.6. The Hall–Kier alpha value is -2.78. The summed E-state index contributed by atoms with van der Waals surface area (Å²) in [4.78, 5) is 23.7. The Bertz CT molecular complexity index is 886. The first-order valence-electron chi connectivity index (χ1n) is 8.23. The summed E-state index contributed by atoms with van der Waals surface area (Å²) >= 11 is 5.99. The second kappa shape index (κ2) is 9.15. The summed E-state index contributed by atoms with van der Waals surface area (Å²) in [6.07, 6.45) is -6.52. The van der Waals surface area contributed by atoms with Crippen molar-refractivity contribution in [2.45, 2.75) is 24.7 Å². The minimum absolute atomic E-state index is 0.105. The highest BCUT2D eigenvalue weighted by molar-refractivity contribution is 6.32. The number of ether oxygens (including phenoxy) is 1. The largest absolute Gasteiger partial charge is 0.495 e. The third-order valence-corrected chi connectivity index (χ3v) is 4.37. The SMILES string of the molecule is COc1ccc(C[C@H](NC(=O)[C@@H](O)c2ccc(C(F)(F)F)cc2)C(=O)O)cc1Cl. The van der Waals surface area contributed by atoms with Crippen LogP contribution in [0.4, 0.5) is 13.2 Å². The number of carbonyl (C=O) groups excluding carboxylic acids is 1. The molecule has 0 aliphatic heterocycles. The van der Waals surface area contributed by atoms with E-state index in [0.29, 0.717) is 11.3 Å². The molecule has 29 heavy (non-hydrogen) atoms. The number of carboxylic acid groups (broad SMARTS) is 1. The quantitative estimate of drug-likeness (QED) is 0.625. The average molecular weight is 432 g/mol. The average Bonchev–Trinajstić information content (AvgIpc) is 2.66. The monoisotopic (exact) mass is 431 g/mol. The third-order valence-electron chi connectivity index (χ3n) is 4.07. The summed E-state index contributed by atoms with van der Waals surface area (Å²) < 4.78 is 42.8. The zero-order chi connectivity index (χ0) is 21.8. The van der Waals surface area contributed by atoms with Gasteiger partial charge in [-0.2, -0.15) is 13.2 Å². The van der Waals surface area contributed by atoms with Gasteiger partial charge in [0.2, 0.25) is 0 Å². The lowest BCUT2D eigenvalue weighted by atomic mass is 10.0. The van der Waals surface area contributed by atoms with Gasteiger partial charge < -0.3 is 20.3 Å². The Balaban J connectivity index is 2.10. The molecule has 2 atom stereocenters. The molecule has 10 heteroatoms. The molecule has 0 saturated carbocycles. The Labute approximate surface area is 168 Å². The van der Waals surface area contributed by atoms with Gasteiger partial charge in [0.15, 0.2) is 6.10 Å². The van der Waals surface area contributed by atoms with Crippen molar-refractivity contribution in [1.82, 2.24) is 5.32 Å². The van der Waals surface area contributed by atoms with E-state index in [2.05, 4.69) is 5.32 Å². The number of alkyl halides is 3. The van der Waals surface area contributed by atoms with E-state index in [4.69, 9.17) is 16.3 Å². The normalized spacial score (nSPS) is 13.4. The lowest BCUT2D eigenvalue weighted by molar-refractivity contribution is -0.143. The van der Waals surface area contributed by atoms with Crippen LogP contribution in [0.25, 0.3) is 0 Å². The van der Waals surface area contributed by atoms with Crippen molar-refractivity contribution in [1.29, 1.82) is 0 Å². The topological polar surface area (TPSA) is 95.9 Å². The first-order valence-corrected chi connectivity index (χ1v) is 8.61. The summed E-state index contributed by atoms with van der Waals surface area (Å²) in [6, 6.07) is 6.54. The van der Waals surface area contributed by atoms with E-state index in [1.165, 1.54) is 19.2 Å². The van der Waals surface area contributed by atoms with Gasteiger partial charge in [0.25, 0.3) is 5.91 Å². The highest BCUT2D eigenvalue weighted by atomic mass is 35.5. The number of aliphatic hydroxyl groups is 1. The van der Waals surface area contributed by atoms with Crippen LogP contribution in [-0.2, 0) is 22.2 Å². The molecule has 0 aliphatic carbocycles. The van der Waals surface area contributed by atoms with Gasteiger partial charge in [0, 0.05) is 6.42 Å². The third kappa shape index (κ3) is 5.85. The van der Waals surface area contributed by atoms with Crippen LogP contribution in [0.3, 0.4) is 0 Å². The number of halogens is 4. The molecule has 0 aromatic heterocycles. The maximum atomic E-state index is 12.6. The maximum Gasteiger partial charge on any atom is 0.416 e. The van der Waals surface area contributed by atoms with Crippen LogP contribution in [0.1, 0.15) is 22.8 Å². The van der Waals surface area contributed by atoms with Crippen molar-refractivity contribution < 1.29 is 37.7 Å². The van der Waals surface area contributed by atoms with Gasteiger partial charge in [-0.1, -0.05) is 29.8 Å². The number of nitrogens with one attached hydrogen (secondary N) is 1. The van der Waals surface area contributed by atoms with Gasteiger partial charge in [0.05, 0.1) is 17.7 Å². The summed E-state index contributed by atoms with van der Waals surface area (Å²) in [5.74, 6) is -2.02. The summed E-state index contributed by atoms with van der Waals surface area (Å²) in [5.41, 5.74) is -0.548. The molecule has 0 unspecified atom stereocenters. The number of amides is 1. The predicted octanol–water partition coefficient (Wildman–Crippen LogP) is 3.21. The summed E-state index contributed by atoms with van der Waals surface area (Å²) in [5, 5.41) is 21.8. The molecule has 0 aliphatic rings. The van der Waals surface area contributed by atoms with E-state index in [1.807, 2.05) is 0 Å². The van der Waals surface area contributed by atoms with Crippen molar-refractivity contribution in [2.75, 3.05) is 7.11 Å². The molecular weight excluding hydrogens is 415 g/mol. The van der Waals surface area contributed by atoms with Crippen molar-refractivity contribution in [3.05, 3.63) is 64.2 Å². The molecule has 0 bridgehead atoms. The Morgan fingerprint density at radius 2 is 1.79 bits per heavy atom. The van der Waals surface area contributed by atoms with E-state index in [9.17, 15) is 33.0 Å². The Morgan fingerprint density at radius 3 is 2.28 bits per heavy atom. The zero-order valence-corrected chi connectivity index (χ0v) is 15.8. The van der Waals surface area contributed by atoms with Crippen molar-refractivity contribution in [3.63, 3.8) is 0 Å². The Morgan fingerprint density at radius 1 is 1.17 bits per heavy atom. The van der Waals surface area contributed by atoms with Crippen molar-refractivity contribution in [3.8, 4) is 5.75 Å². The fourth-order valence-corrected chi connectivity index (χ4v) is 2.81. The summed E-state index contributed by atoms with van der Waals surface area (Å²) in [7, 11) is 1.42. The molecular formula is C19H17ClF3NO5. The molecule has 0 heterocycles. The van der Waals surface area contributed by atoms with Crippen LogP contribution in [-0.4, -0.2) is 35.2 Å². The predicted molar refractivity (Wildman–Crippen MR) is 97.7 cm³/mol. The number of aliphatic hydroxyl groups excluding tert-OH is 1. The molecule has 0 fully saturated rings. The zero-order valence-electron chi connectivity index (χ0n) is 15.0. The highest BCUT2D eigenvalue weighted by Crippen LogP contribution is 2.30. The minimum atomic E-state index is -4.56. The van der Waals surface area contributed by atoms with Crippen molar-refractivity contribution in [2.24, 2.45) is 0 Å². The molecule has 2 aromatic carbocycles. The number of aliphatic carboxylic acids is 1. The molecule has 3 N–H and O–H groups in total. The lowest BCUT2D eigenvalue weighted by Crippen LogP contribution is -2.44. The second-order valence-corrected chi connectivity index (χ2v) is 6.50. The van der Waals surface area contributed by atoms with E-state index in [0.717, 1.165) is 24.3 Å². The molecule has 0 spiro atoms. The van der Waals surface area contributed by atoms with E-state index >= 15 is 0 Å². The standard InChI is InChI=1S/C19H17ClF3NO5/c1-29-15-7-2-10(8-13(15)20)9-14(18(27)28)24-17(26)16(25)11-3-5-12(6-4-11)19(21,22)23/h2-8,14,16,25H,9H2,1H3,(H,24,26)(H,27,28)/t14-,16-/m0/s1. The fourth-order valence-electron chi connectivity index (χ4n) is 2.53. The van der Waals surface area contributed by atoms with Crippen LogP contribution in [0, 0.1) is 0 Å². The van der Waals surface area contributed by atoms with Crippen molar-refractivity contribution >= 4 is 23.5 Å². The number of hydrogen-bond donors (Lipinski definition) is 3. The number of methoxy groups -OCH3 is 1. The van der Waals surface area contributed by atoms with Gasteiger partial charge in [-0.05, 0) is 35.4 Å². The van der Waals surface area contributed by atoms with E-state index in [1.54, 1.807) is 6.07 Å².